The van der Waals surface area contributed by atoms with Crippen molar-refractivity contribution in [1.29, 1.82) is 0 Å². The van der Waals surface area contributed by atoms with Gasteiger partial charge < -0.3 is 0 Å². The van der Waals surface area contributed by atoms with Crippen LogP contribution in [0.25, 0.3) is 0 Å². The first-order valence-corrected chi connectivity index (χ1v) is 7.98. The quantitative estimate of drug-likeness (QED) is 0.804. The van der Waals surface area contributed by atoms with Crippen LogP contribution in [0.2, 0.25) is 0 Å². The molecule has 0 aliphatic carbocycles. The second-order valence-electron chi connectivity index (χ2n) is 6.35. The fraction of sp³-hybridized carbons (Fsp3) is 0.300. The zero-order valence-corrected chi connectivity index (χ0v) is 13.7. The van der Waals surface area contributed by atoms with Crippen LogP contribution < -0.4 is 4.90 Å². The van der Waals surface area contributed by atoms with Crippen LogP contribution in [0.1, 0.15) is 36.0 Å². The lowest BCUT2D eigenvalue weighted by Crippen LogP contribution is -2.31. The third-order valence-electron chi connectivity index (χ3n) is 4.86. The Hall–Kier alpha value is -2.42. The van der Waals surface area contributed by atoms with Gasteiger partial charge in [0.25, 0.3) is 0 Å². The van der Waals surface area contributed by atoms with E-state index in [0.717, 1.165) is 16.7 Å². The largest absolute Gasteiger partial charge is 0.274 e. The summed E-state index contributed by atoms with van der Waals surface area (Å²) < 4.78 is 0. The second-order valence-corrected chi connectivity index (χ2v) is 6.35. The van der Waals surface area contributed by atoms with E-state index < -0.39 is 0 Å². The lowest BCUT2D eigenvalue weighted by atomic mass is 9.86. The summed E-state index contributed by atoms with van der Waals surface area (Å²) in [5, 5.41) is 0. The number of anilines is 1. The van der Waals surface area contributed by atoms with Crippen molar-refractivity contribution in [1.82, 2.24) is 0 Å². The summed E-state index contributed by atoms with van der Waals surface area (Å²) in [6.07, 6.45) is 0.280. The molecule has 0 radical (unpaired) electrons. The Bertz CT molecular complexity index is 751. The molecule has 3 heteroatoms. The highest BCUT2D eigenvalue weighted by molar-refractivity contribution is 6.21. The molecular formula is C20H21NO2. The normalized spacial score (nSPS) is 19.3. The zero-order chi connectivity index (χ0) is 16.6. The van der Waals surface area contributed by atoms with Crippen molar-refractivity contribution >= 4 is 17.5 Å². The maximum absolute atomic E-state index is 12.8. The van der Waals surface area contributed by atoms with Gasteiger partial charge in [0.2, 0.25) is 11.8 Å². The summed E-state index contributed by atoms with van der Waals surface area (Å²) in [7, 11) is 0. The van der Waals surface area contributed by atoms with Gasteiger partial charge in [-0.3, -0.25) is 14.5 Å². The number of nitrogens with zero attached hydrogens (tertiary/aromatic N) is 1. The number of hydrogen-bond donors (Lipinski definition) is 0. The molecule has 3 nitrogen and oxygen atoms in total. The van der Waals surface area contributed by atoms with E-state index in [1.54, 1.807) is 0 Å². The summed E-state index contributed by atoms with van der Waals surface area (Å²) in [6.45, 7) is 6.04. The van der Waals surface area contributed by atoms with Crippen LogP contribution in [0.4, 0.5) is 5.69 Å². The number of aryl methyl sites for hydroxylation is 2. The van der Waals surface area contributed by atoms with Gasteiger partial charge in [-0.15, -0.1) is 0 Å². The maximum Gasteiger partial charge on any atom is 0.237 e. The topological polar surface area (TPSA) is 37.4 Å². The average molecular weight is 307 g/mol. The van der Waals surface area contributed by atoms with E-state index >= 15 is 0 Å². The molecule has 0 saturated carbocycles. The van der Waals surface area contributed by atoms with Crippen LogP contribution in [0, 0.1) is 19.8 Å². The third kappa shape index (κ3) is 2.79. The Balaban J connectivity index is 1.89. The maximum atomic E-state index is 12.8. The number of carbonyl (C=O) groups is 2. The van der Waals surface area contributed by atoms with E-state index in [4.69, 9.17) is 0 Å². The molecule has 0 spiro atoms. The van der Waals surface area contributed by atoms with Gasteiger partial charge in [-0.1, -0.05) is 43.3 Å². The van der Waals surface area contributed by atoms with Crippen molar-refractivity contribution in [2.75, 3.05) is 4.90 Å². The summed E-state index contributed by atoms with van der Waals surface area (Å²) in [5.41, 5.74) is 4.02. The molecule has 1 aliphatic rings. The minimum Gasteiger partial charge on any atom is -0.274 e. The van der Waals surface area contributed by atoms with E-state index in [0.29, 0.717) is 5.69 Å². The SMILES string of the molecule is Cc1ccc(N2C(=O)C[C@H]([C@H](C)c3ccccc3)C2=O)cc1C. The Morgan fingerprint density at radius 2 is 1.70 bits per heavy atom. The predicted molar refractivity (Wildman–Crippen MR) is 91.4 cm³/mol. The molecule has 2 aromatic carbocycles. The van der Waals surface area contributed by atoms with E-state index in [1.807, 2.05) is 69.3 Å². The number of rotatable bonds is 3. The van der Waals surface area contributed by atoms with Crippen molar-refractivity contribution < 1.29 is 9.59 Å². The highest BCUT2D eigenvalue weighted by atomic mass is 16.2. The Morgan fingerprint density at radius 3 is 2.35 bits per heavy atom. The molecule has 118 valence electrons. The number of amides is 2. The molecule has 2 amide bonds. The fourth-order valence-electron chi connectivity index (χ4n) is 3.17. The molecule has 0 aromatic heterocycles. The molecule has 2 aromatic rings. The third-order valence-corrected chi connectivity index (χ3v) is 4.86. The van der Waals surface area contributed by atoms with Gasteiger partial charge in [-0.25, -0.2) is 0 Å². The predicted octanol–water partition coefficient (Wildman–Crippen LogP) is 3.99. The first-order valence-electron chi connectivity index (χ1n) is 7.98. The van der Waals surface area contributed by atoms with Gasteiger partial charge in [-0.2, -0.15) is 0 Å². The Morgan fingerprint density at radius 1 is 1.00 bits per heavy atom. The highest BCUT2D eigenvalue weighted by Gasteiger charge is 2.42. The van der Waals surface area contributed by atoms with Gasteiger partial charge in [0.05, 0.1) is 11.6 Å². The summed E-state index contributed by atoms with van der Waals surface area (Å²) in [4.78, 5) is 26.6. The first kappa shape index (κ1) is 15.5. The molecule has 0 bridgehead atoms. The molecule has 2 atom stereocenters. The van der Waals surface area contributed by atoms with Crippen molar-refractivity contribution in [3.05, 3.63) is 65.2 Å². The van der Waals surface area contributed by atoms with Crippen molar-refractivity contribution in [2.24, 2.45) is 5.92 Å². The van der Waals surface area contributed by atoms with Crippen LogP contribution in [-0.4, -0.2) is 11.8 Å². The fourth-order valence-corrected chi connectivity index (χ4v) is 3.17. The molecule has 23 heavy (non-hydrogen) atoms. The van der Waals surface area contributed by atoms with Gasteiger partial charge in [0.15, 0.2) is 0 Å². The monoisotopic (exact) mass is 307 g/mol. The van der Waals surface area contributed by atoms with E-state index in [-0.39, 0.29) is 30.1 Å². The molecule has 1 aliphatic heterocycles. The number of benzene rings is 2. The number of imide groups is 1. The minimum atomic E-state index is -0.286. The van der Waals surface area contributed by atoms with Gasteiger partial charge in [-0.05, 0) is 48.6 Å². The van der Waals surface area contributed by atoms with E-state index in [1.165, 1.54) is 4.90 Å². The van der Waals surface area contributed by atoms with Crippen LogP contribution >= 0.6 is 0 Å². The van der Waals surface area contributed by atoms with Crippen LogP contribution in [0.15, 0.2) is 48.5 Å². The molecule has 3 rings (SSSR count). The number of carbonyl (C=O) groups excluding carboxylic acids is 2. The van der Waals surface area contributed by atoms with Crippen LogP contribution in [-0.2, 0) is 9.59 Å². The van der Waals surface area contributed by atoms with Crippen LogP contribution in [0.3, 0.4) is 0 Å². The van der Waals surface area contributed by atoms with E-state index in [2.05, 4.69) is 0 Å². The minimum absolute atomic E-state index is 0.0317. The molecule has 1 fully saturated rings. The van der Waals surface area contributed by atoms with Crippen molar-refractivity contribution in [2.45, 2.75) is 33.1 Å². The van der Waals surface area contributed by atoms with Gasteiger partial charge >= 0.3 is 0 Å². The smallest absolute Gasteiger partial charge is 0.237 e. The van der Waals surface area contributed by atoms with Gasteiger partial charge in [0, 0.05) is 6.42 Å². The van der Waals surface area contributed by atoms with Gasteiger partial charge in [0.1, 0.15) is 0 Å². The number of hydrogen-bond acceptors (Lipinski definition) is 2. The lowest BCUT2D eigenvalue weighted by Gasteiger charge is -2.20. The Kier molecular flexibility index (Phi) is 4.03. The van der Waals surface area contributed by atoms with E-state index in [9.17, 15) is 9.59 Å². The lowest BCUT2D eigenvalue weighted by molar-refractivity contribution is -0.122. The first-order chi connectivity index (χ1) is 11.0. The zero-order valence-electron chi connectivity index (χ0n) is 13.7. The highest BCUT2D eigenvalue weighted by Crippen LogP contribution is 2.36. The molecular weight excluding hydrogens is 286 g/mol. The van der Waals surface area contributed by atoms with Crippen molar-refractivity contribution in [3.8, 4) is 0 Å². The van der Waals surface area contributed by atoms with Crippen molar-refractivity contribution in [3.63, 3.8) is 0 Å². The molecule has 1 heterocycles. The molecule has 0 N–H and O–H groups in total. The van der Waals surface area contributed by atoms with Crippen LogP contribution in [0.5, 0.6) is 0 Å². The second kappa shape index (κ2) is 5.99. The average Bonchev–Trinajstić information content (AvgIpc) is 2.85. The molecule has 1 saturated heterocycles. The molecule has 0 unspecified atom stereocenters. The summed E-state index contributed by atoms with van der Waals surface area (Å²) in [6, 6.07) is 15.7. The Labute approximate surface area is 136 Å². The summed E-state index contributed by atoms with van der Waals surface area (Å²) >= 11 is 0. The summed E-state index contributed by atoms with van der Waals surface area (Å²) in [5.74, 6) is -0.448. The standard InChI is InChI=1S/C20H21NO2/c1-13-9-10-17(11-14(13)2)21-19(22)12-18(20(21)23)15(3)16-7-5-4-6-8-16/h4-11,15,18H,12H2,1-3H3/t15-,18-/m1/s1.